The summed E-state index contributed by atoms with van der Waals surface area (Å²) in [5, 5.41) is 4.50. The summed E-state index contributed by atoms with van der Waals surface area (Å²) in [6.45, 7) is 10.1. The van der Waals surface area contributed by atoms with Crippen LogP contribution in [0, 0.1) is 13.8 Å². The highest BCUT2D eigenvalue weighted by atomic mass is 16.5. The third kappa shape index (κ3) is 3.39. The normalized spacial score (nSPS) is 14.8. The van der Waals surface area contributed by atoms with Crippen LogP contribution in [-0.4, -0.2) is 51.7 Å². The number of aromatic nitrogens is 3. The highest BCUT2D eigenvalue weighted by Crippen LogP contribution is 2.22. The van der Waals surface area contributed by atoms with Gasteiger partial charge in [0.1, 0.15) is 11.3 Å². The molecule has 1 aliphatic heterocycles. The molecule has 0 unspecified atom stereocenters. The van der Waals surface area contributed by atoms with Crippen molar-refractivity contribution in [2.24, 2.45) is 0 Å². The van der Waals surface area contributed by atoms with Crippen molar-refractivity contribution < 1.29 is 9.32 Å². The van der Waals surface area contributed by atoms with Crippen molar-refractivity contribution in [2.75, 3.05) is 31.1 Å². The van der Waals surface area contributed by atoms with Crippen LogP contribution in [0.2, 0.25) is 0 Å². The van der Waals surface area contributed by atoms with Gasteiger partial charge in [-0.15, -0.1) is 0 Å². The summed E-state index contributed by atoms with van der Waals surface area (Å²) >= 11 is 0. The van der Waals surface area contributed by atoms with E-state index in [-0.39, 0.29) is 17.5 Å². The molecule has 4 rings (SSSR count). The van der Waals surface area contributed by atoms with Crippen LogP contribution in [0.4, 0.5) is 5.69 Å². The number of anilines is 1. The zero-order chi connectivity index (χ0) is 20.7. The highest BCUT2D eigenvalue weighted by Gasteiger charge is 2.27. The van der Waals surface area contributed by atoms with E-state index in [4.69, 9.17) is 4.52 Å². The lowest BCUT2D eigenvalue weighted by atomic mass is 10.1. The molecule has 1 saturated heterocycles. The van der Waals surface area contributed by atoms with Crippen molar-refractivity contribution in [3.8, 4) is 0 Å². The Morgan fingerprint density at radius 1 is 1.14 bits per heavy atom. The lowest BCUT2D eigenvalue weighted by molar-refractivity contribution is 0.0744. The van der Waals surface area contributed by atoms with Crippen molar-refractivity contribution >= 4 is 22.5 Å². The summed E-state index contributed by atoms with van der Waals surface area (Å²) in [6.07, 6.45) is 1.61. The van der Waals surface area contributed by atoms with Crippen LogP contribution < -0.4 is 10.5 Å². The van der Waals surface area contributed by atoms with E-state index >= 15 is 0 Å². The summed E-state index contributed by atoms with van der Waals surface area (Å²) in [5.41, 5.74) is 2.87. The molecule has 1 aliphatic rings. The van der Waals surface area contributed by atoms with Crippen molar-refractivity contribution in [3.05, 3.63) is 51.9 Å². The van der Waals surface area contributed by atoms with Gasteiger partial charge in [0.15, 0.2) is 0 Å². The van der Waals surface area contributed by atoms with Gasteiger partial charge in [-0.1, -0.05) is 5.16 Å². The standard InChI is InChI=1S/C21H25N5O3/c1-13(2)26-12-22-18-11-16(5-6-17(18)20(26)27)24-7-9-25(10-8-24)21(28)19-14(3)23-29-15(19)4/h5-6,11-13H,7-10H2,1-4H3. The van der Waals surface area contributed by atoms with Gasteiger partial charge in [0.05, 0.1) is 22.9 Å². The van der Waals surface area contributed by atoms with E-state index < -0.39 is 0 Å². The molecule has 1 amide bonds. The van der Waals surface area contributed by atoms with Crippen LogP contribution in [0.25, 0.3) is 10.9 Å². The second-order valence-electron chi connectivity index (χ2n) is 7.73. The molecule has 152 valence electrons. The predicted molar refractivity (Wildman–Crippen MR) is 110 cm³/mol. The molecule has 0 bridgehead atoms. The van der Waals surface area contributed by atoms with Crippen LogP contribution in [0.5, 0.6) is 0 Å². The zero-order valence-corrected chi connectivity index (χ0v) is 17.2. The number of nitrogens with zero attached hydrogens (tertiary/aromatic N) is 5. The molecular formula is C21H25N5O3. The maximum Gasteiger partial charge on any atom is 0.261 e. The molecule has 8 nitrogen and oxygen atoms in total. The Balaban J connectivity index is 1.51. The number of amides is 1. The van der Waals surface area contributed by atoms with Gasteiger partial charge in [0.25, 0.3) is 11.5 Å². The minimum absolute atomic E-state index is 0.0218. The van der Waals surface area contributed by atoms with Gasteiger partial charge in [0.2, 0.25) is 0 Å². The second-order valence-corrected chi connectivity index (χ2v) is 7.73. The second kappa shape index (κ2) is 7.35. The Morgan fingerprint density at radius 3 is 2.48 bits per heavy atom. The lowest BCUT2D eigenvalue weighted by Crippen LogP contribution is -2.49. The number of rotatable bonds is 3. The number of fused-ring (bicyclic) bond motifs is 1. The Bertz CT molecular complexity index is 1100. The Hall–Kier alpha value is -3.16. The fourth-order valence-corrected chi connectivity index (χ4v) is 3.80. The first-order chi connectivity index (χ1) is 13.9. The zero-order valence-electron chi connectivity index (χ0n) is 17.2. The number of hydrogen-bond donors (Lipinski definition) is 0. The monoisotopic (exact) mass is 395 g/mol. The van der Waals surface area contributed by atoms with Gasteiger partial charge >= 0.3 is 0 Å². The van der Waals surface area contributed by atoms with Gasteiger partial charge in [-0.25, -0.2) is 4.98 Å². The van der Waals surface area contributed by atoms with Crippen molar-refractivity contribution in [3.63, 3.8) is 0 Å². The van der Waals surface area contributed by atoms with Crippen molar-refractivity contribution in [1.82, 2.24) is 19.6 Å². The first kappa shape index (κ1) is 19.2. The Labute approximate surface area is 168 Å². The molecule has 0 saturated carbocycles. The van der Waals surface area contributed by atoms with E-state index in [1.165, 1.54) is 0 Å². The summed E-state index contributed by atoms with van der Waals surface area (Å²) in [4.78, 5) is 33.9. The largest absolute Gasteiger partial charge is 0.368 e. The molecular weight excluding hydrogens is 370 g/mol. The first-order valence-corrected chi connectivity index (χ1v) is 9.85. The maximum atomic E-state index is 12.8. The molecule has 0 N–H and O–H groups in total. The van der Waals surface area contributed by atoms with E-state index in [2.05, 4.69) is 15.0 Å². The van der Waals surface area contributed by atoms with Crippen LogP contribution in [0.3, 0.4) is 0 Å². The molecule has 0 radical (unpaired) electrons. The summed E-state index contributed by atoms with van der Waals surface area (Å²) < 4.78 is 6.77. The molecule has 0 aliphatic carbocycles. The number of carbonyl (C=O) groups is 1. The smallest absolute Gasteiger partial charge is 0.261 e. The molecule has 3 aromatic rings. The van der Waals surface area contributed by atoms with Crippen LogP contribution >= 0.6 is 0 Å². The first-order valence-electron chi connectivity index (χ1n) is 9.85. The molecule has 29 heavy (non-hydrogen) atoms. The van der Waals surface area contributed by atoms with Crippen molar-refractivity contribution in [1.29, 1.82) is 0 Å². The van der Waals surface area contributed by atoms with E-state index in [1.807, 2.05) is 36.9 Å². The van der Waals surface area contributed by atoms with Gasteiger partial charge in [-0.05, 0) is 45.9 Å². The van der Waals surface area contributed by atoms with Gasteiger partial charge < -0.3 is 14.3 Å². The fourth-order valence-electron chi connectivity index (χ4n) is 3.80. The topological polar surface area (TPSA) is 84.5 Å². The number of carbonyl (C=O) groups excluding carboxylic acids is 1. The quantitative estimate of drug-likeness (QED) is 0.678. The highest BCUT2D eigenvalue weighted by molar-refractivity contribution is 5.96. The minimum atomic E-state index is -0.0321. The van der Waals surface area contributed by atoms with Crippen LogP contribution in [0.15, 0.2) is 33.8 Å². The van der Waals surface area contributed by atoms with Crippen molar-refractivity contribution in [2.45, 2.75) is 33.7 Å². The number of hydrogen-bond acceptors (Lipinski definition) is 6. The third-order valence-electron chi connectivity index (χ3n) is 5.50. The molecule has 0 spiro atoms. The van der Waals surface area contributed by atoms with E-state index in [9.17, 15) is 9.59 Å². The summed E-state index contributed by atoms with van der Waals surface area (Å²) in [7, 11) is 0. The minimum Gasteiger partial charge on any atom is -0.368 e. The SMILES string of the molecule is Cc1noc(C)c1C(=O)N1CCN(c2ccc3c(=O)n(C(C)C)cnc3c2)CC1. The van der Waals surface area contributed by atoms with E-state index in [0.29, 0.717) is 54.1 Å². The summed E-state index contributed by atoms with van der Waals surface area (Å²) in [5.74, 6) is 0.526. The number of piperazine rings is 1. The molecule has 2 aromatic heterocycles. The fraction of sp³-hybridized carbons (Fsp3) is 0.429. The predicted octanol–water partition coefficient (Wildman–Crippen LogP) is 2.54. The van der Waals surface area contributed by atoms with Gasteiger partial charge in [-0.2, -0.15) is 0 Å². The van der Waals surface area contributed by atoms with E-state index in [1.54, 1.807) is 24.7 Å². The van der Waals surface area contributed by atoms with Crippen LogP contribution in [0.1, 0.15) is 41.7 Å². The molecule has 1 aromatic carbocycles. The molecule has 0 atom stereocenters. The molecule has 1 fully saturated rings. The number of benzene rings is 1. The lowest BCUT2D eigenvalue weighted by Gasteiger charge is -2.36. The summed E-state index contributed by atoms with van der Waals surface area (Å²) in [6, 6.07) is 5.83. The Kier molecular flexibility index (Phi) is 4.86. The van der Waals surface area contributed by atoms with Gasteiger partial charge in [-0.3, -0.25) is 14.2 Å². The van der Waals surface area contributed by atoms with Crippen LogP contribution in [-0.2, 0) is 0 Å². The third-order valence-corrected chi connectivity index (χ3v) is 5.50. The maximum absolute atomic E-state index is 12.8. The molecule has 8 heteroatoms. The Morgan fingerprint density at radius 2 is 1.86 bits per heavy atom. The molecule has 3 heterocycles. The average Bonchev–Trinajstić information content (AvgIpc) is 3.05. The number of aryl methyl sites for hydroxylation is 2. The van der Waals surface area contributed by atoms with E-state index in [0.717, 1.165) is 5.69 Å². The average molecular weight is 395 g/mol. The van der Waals surface area contributed by atoms with Gasteiger partial charge in [0, 0.05) is 37.9 Å².